The summed E-state index contributed by atoms with van der Waals surface area (Å²) in [4.78, 5) is 55.0. The van der Waals surface area contributed by atoms with Crippen LogP contribution in [0.25, 0.3) is 0 Å². The average Bonchev–Trinajstić information content (AvgIpc) is 3.64. The molecular formula is C29H30N2O6. The second kappa shape index (κ2) is 9.01. The summed E-state index contributed by atoms with van der Waals surface area (Å²) in [7, 11) is 0. The number of imide groups is 1. The Bertz CT molecular complexity index is 1280. The van der Waals surface area contributed by atoms with Gasteiger partial charge in [-0.15, -0.1) is 0 Å². The molecule has 2 bridgehead atoms. The number of fused-ring (bicyclic) bond motifs is 5. The van der Waals surface area contributed by atoms with Crippen LogP contribution in [0, 0.1) is 36.5 Å². The third-order valence-electron chi connectivity index (χ3n) is 8.47. The number of esters is 1. The molecule has 2 aliphatic heterocycles. The van der Waals surface area contributed by atoms with Crippen LogP contribution in [-0.2, 0) is 19.2 Å². The maximum atomic E-state index is 13.2. The van der Waals surface area contributed by atoms with Gasteiger partial charge in [-0.1, -0.05) is 12.1 Å². The van der Waals surface area contributed by atoms with E-state index in [4.69, 9.17) is 9.47 Å². The molecule has 0 N–H and O–H groups in total. The van der Waals surface area contributed by atoms with Crippen LogP contribution in [0.15, 0.2) is 42.5 Å². The van der Waals surface area contributed by atoms with Crippen LogP contribution in [0.5, 0.6) is 11.5 Å². The first-order valence-corrected chi connectivity index (χ1v) is 13.1. The van der Waals surface area contributed by atoms with E-state index < -0.39 is 11.9 Å². The molecule has 5 atom stereocenters. The maximum absolute atomic E-state index is 13.2. The molecule has 8 nitrogen and oxygen atoms in total. The highest BCUT2D eigenvalue weighted by Gasteiger charge is 2.61. The van der Waals surface area contributed by atoms with E-state index in [1.165, 1.54) is 4.90 Å². The molecule has 8 heteroatoms. The fraction of sp³-hybridized carbons (Fsp3) is 0.448. The van der Waals surface area contributed by atoms with Crippen LogP contribution in [0.1, 0.15) is 38.2 Å². The molecule has 3 amide bonds. The van der Waals surface area contributed by atoms with Gasteiger partial charge in [0.25, 0.3) is 0 Å². The number of anilines is 2. The molecule has 37 heavy (non-hydrogen) atoms. The molecule has 0 radical (unpaired) electrons. The second-order valence-corrected chi connectivity index (χ2v) is 10.6. The van der Waals surface area contributed by atoms with Crippen molar-refractivity contribution in [1.82, 2.24) is 0 Å². The van der Waals surface area contributed by atoms with Crippen LogP contribution < -0.4 is 19.3 Å². The number of aryl methyl sites for hydroxylation is 1. The zero-order chi connectivity index (χ0) is 25.8. The lowest BCUT2D eigenvalue weighted by Gasteiger charge is -2.20. The molecular weight excluding hydrogens is 472 g/mol. The highest BCUT2D eigenvalue weighted by atomic mass is 16.5. The van der Waals surface area contributed by atoms with Gasteiger partial charge in [0.2, 0.25) is 17.7 Å². The Balaban J connectivity index is 1.15. The van der Waals surface area contributed by atoms with Gasteiger partial charge in [0.15, 0.2) is 0 Å². The Morgan fingerprint density at radius 3 is 2.35 bits per heavy atom. The summed E-state index contributed by atoms with van der Waals surface area (Å²) in [5, 5.41) is 0. The number of carbonyl (C=O) groups is 4. The molecule has 2 saturated carbocycles. The SMILES string of the molecule is CCOc1ccccc1N1C[C@@H](C(=O)Oc2ccc(N3C(=O)[C@@H]4[C@H]5CC[C@@H](C5)[C@@H]4C3=O)c(C)c2)CC1=O. The monoisotopic (exact) mass is 502 g/mol. The van der Waals surface area contributed by atoms with Crippen LogP contribution in [0.3, 0.4) is 0 Å². The minimum atomic E-state index is -0.612. The first-order valence-electron chi connectivity index (χ1n) is 13.1. The summed E-state index contributed by atoms with van der Waals surface area (Å²) in [6.07, 6.45) is 3.11. The van der Waals surface area contributed by atoms with Crippen molar-refractivity contribution in [3.8, 4) is 11.5 Å². The van der Waals surface area contributed by atoms with Crippen LogP contribution in [0.2, 0.25) is 0 Å². The number of hydrogen-bond acceptors (Lipinski definition) is 6. The van der Waals surface area contributed by atoms with Crippen molar-refractivity contribution in [2.24, 2.45) is 29.6 Å². The molecule has 0 unspecified atom stereocenters. The summed E-state index contributed by atoms with van der Waals surface area (Å²) < 4.78 is 11.3. The number of rotatable bonds is 6. The van der Waals surface area contributed by atoms with Crippen molar-refractivity contribution in [2.75, 3.05) is 23.0 Å². The van der Waals surface area contributed by atoms with Gasteiger partial charge in [-0.2, -0.15) is 0 Å². The van der Waals surface area contributed by atoms with Gasteiger partial charge >= 0.3 is 5.97 Å². The third kappa shape index (κ3) is 3.81. The second-order valence-electron chi connectivity index (χ2n) is 10.6. The van der Waals surface area contributed by atoms with Gasteiger partial charge in [0.05, 0.1) is 35.7 Å². The van der Waals surface area contributed by atoms with E-state index in [9.17, 15) is 19.2 Å². The van der Waals surface area contributed by atoms with Gasteiger partial charge in [-0.05, 0) is 80.8 Å². The number of ether oxygens (including phenoxy) is 2. The molecule has 2 aromatic rings. The molecule has 4 aliphatic rings. The standard InChI is InChI=1S/C29H30N2O6/c1-3-36-23-7-5-4-6-22(23)30-15-19(14-24(30)32)29(35)37-20-10-11-21(16(2)12-20)31-27(33)25-17-8-9-18(13-17)26(25)28(31)34/h4-7,10-12,17-19,25-26H,3,8-9,13-15H2,1-2H3/t17-,18-,19-,25-,26+/m0/s1. The molecule has 4 fully saturated rings. The molecule has 2 saturated heterocycles. The minimum Gasteiger partial charge on any atom is -0.492 e. The molecule has 2 heterocycles. The Hall–Kier alpha value is -3.68. The quantitative estimate of drug-likeness (QED) is 0.338. The highest BCUT2D eigenvalue weighted by Crippen LogP contribution is 2.56. The van der Waals surface area contributed by atoms with E-state index in [1.54, 1.807) is 42.2 Å². The fourth-order valence-corrected chi connectivity index (χ4v) is 6.84. The number of amides is 3. The van der Waals surface area contributed by atoms with E-state index in [1.807, 2.05) is 19.1 Å². The van der Waals surface area contributed by atoms with Crippen molar-refractivity contribution >= 4 is 35.1 Å². The van der Waals surface area contributed by atoms with Crippen molar-refractivity contribution < 1.29 is 28.7 Å². The maximum Gasteiger partial charge on any atom is 0.316 e. The van der Waals surface area contributed by atoms with E-state index in [2.05, 4.69) is 0 Å². The lowest BCUT2D eigenvalue weighted by molar-refractivity contribution is -0.139. The van der Waals surface area contributed by atoms with Gasteiger partial charge < -0.3 is 14.4 Å². The number of carbonyl (C=O) groups excluding carboxylic acids is 4. The van der Waals surface area contributed by atoms with E-state index in [-0.39, 0.29) is 42.5 Å². The Morgan fingerprint density at radius 2 is 1.68 bits per heavy atom. The zero-order valence-corrected chi connectivity index (χ0v) is 21.0. The van der Waals surface area contributed by atoms with Crippen LogP contribution in [-0.4, -0.2) is 36.8 Å². The van der Waals surface area contributed by atoms with Gasteiger partial charge in [-0.3, -0.25) is 19.2 Å². The lowest BCUT2D eigenvalue weighted by Crippen LogP contribution is -2.33. The Morgan fingerprint density at radius 1 is 0.973 bits per heavy atom. The van der Waals surface area contributed by atoms with Crippen molar-refractivity contribution in [3.05, 3.63) is 48.0 Å². The molecule has 6 rings (SSSR count). The van der Waals surface area contributed by atoms with Crippen molar-refractivity contribution in [1.29, 1.82) is 0 Å². The lowest BCUT2D eigenvalue weighted by atomic mass is 9.81. The number of para-hydroxylation sites is 2. The van der Waals surface area contributed by atoms with Gasteiger partial charge in [0.1, 0.15) is 11.5 Å². The summed E-state index contributed by atoms with van der Waals surface area (Å²) >= 11 is 0. The van der Waals surface area contributed by atoms with Gasteiger partial charge in [-0.25, -0.2) is 4.90 Å². The average molecular weight is 503 g/mol. The summed E-state index contributed by atoms with van der Waals surface area (Å²) in [6.45, 7) is 4.36. The van der Waals surface area contributed by atoms with Crippen molar-refractivity contribution in [2.45, 2.75) is 39.5 Å². The van der Waals surface area contributed by atoms with E-state index in [0.717, 1.165) is 19.3 Å². The molecule has 2 aromatic carbocycles. The summed E-state index contributed by atoms with van der Waals surface area (Å²) in [6, 6.07) is 12.2. The van der Waals surface area contributed by atoms with E-state index >= 15 is 0 Å². The molecule has 2 aliphatic carbocycles. The highest BCUT2D eigenvalue weighted by molar-refractivity contribution is 6.23. The first-order chi connectivity index (χ1) is 17.9. The molecule has 0 spiro atoms. The Kier molecular flexibility index (Phi) is 5.77. The smallest absolute Gasteiger partial charge is 0.316 e. The van der Waals surface area contributed by atoms with Crippen LogP contribution in [0.4, 0.5) is 11.4 Å². The minimum absolute atomic E-state index is 0.0538. The fourth-order valence-electron chi connectivity index (χ4n) is 6.84. The normalized spacial score (nSPS) is 28.3. The third-order valence-corrected chi connectivity index (χ3v) is 8.47. The predicted molar refractivity (Wildman–Crippen MR) is 135 cm³/mol. The largest absolute Gasteiger partial charge is 0.492 e. The predicted octanol–water partition coefficient (Wildman–Crippen LogP) is 3.89. The summed E-state index contributed by atoms with van der Waals surface area (Å²) in [5.74, 6) is -0.233. The number of nitrogens with zero attached hydrogens (tertiary/aromatic N) is 2. The first kappa shape index (κ1) is 23.7. The summed E-state index contributed by atoms with van der Waals surface area (Å²) in [5.41, 5.74) is 1.88. The Labute approximate surface area is 215 Å². The molecule has 0 aromatic heterocycles. The van der Waals surface area contributed by atoms with Crippen molar-refractivity contribution in [3.63, 3.8) is 0 Å². The topological polar surface area (TPSA) is 93.2 Å². The zero-order valence-electron chi connectivity index (χ0n) is 21.0. The van der Waals surface area contributed by atoms with E-state index in [0.29, 0.717) is 46.9 Å². The number of benzene rings is 2. The van der Waals surface area contributed by atoms with Gasteiger partial charge in [0, 0.05) is 13.0 Å². The molecule has 192 valence electrons. The number of hydrogen-bond donors (Lipinski definition) is 0. The van der Waals surface area contributed by atoms with Crippen LogP contribution >= 0.6 is 0 Å².